The first kappa shape index (κ1) is 14.5. The second-order valence-electron chi connectivity index (χ2n) is 5.03. The molecule has 1 atom stereocenters. The van der Waals surface area contributed by atoms with Gasteiger partial charge in [0.2, 0.25) is 5.91 Å². The highest BCUT2D eigenvalue weighted by Gasteiger charge is 2.20. The third kappa shape index (κ3) is 6.64. The lowest BCUT2D eigenvalue weighted by Gasteiger charge is -2.23. The Morgan fingerprint density at radius 2 is 2.00 bits per heavy atom. The van der Waals surface area contributed by atoms with E-state index in [1.54, 1.807) is 0 Å². The third-order valence-electron chi connectivity index (χ3n) is 3.25. The quantitative estimate of drug-likeness (QED) is 0.628. The van der Waals surface area contributed by atoms with Crippen LogP contribution in [0.25, 0.3) is 0 Å². The zero-order valence-electron chi connectivity index (χ0n) is 11.5. The molecule has 0 aromatic rings. The molecular formula is C13H27N3O. The van der Waals surface area contributed by atoms with Gasteiger partial charge in [-0.05, 0) is 45.3 Å². The summed E-state index contributed by atoms with van der Waals surface area (Å²) in [5, 5.41) is 6.24. The summed E-state index contributed by atoms with van der Waals surface area (Å²) in [6, 6.07) is 0.227. The van der Waals surface area contributed by atoms with Gasteiger partial charge in [-0.1, -0.05) is 13.8 Å². The fraction of sp³-hybridized carbons (Fsp3) is 0.923. The van der Waals surface area contributed by atoms with Gasteiger partial charge in [-0.15, -0.1) is 0 Å². The van der Waals surface area contributed by atoms with Gasteiger partial charge >= 0.3 is 0 Å². The van der Waals surface area contributed by atoms with Crippen molar-refractivity contribution < 1.29 is 4.79 Å². The summed E-state index contributed by atoms with van der Waals surface area (Å²) >= 11 is 0. The van der Waals surface area contributed by atoms with Crippen LogP contribution >= 0.6 is 0 Å². The molecule has 0 saturated heterocycles. The van der Waals surface area contributed by atoms with Gasteiger partial charge in [0.25, 0.3) is 0 Å². The molecule has 1 saturated carbocycles. The van der Waals surface area contributed by atoms with Crippen molar-refractivity contribution in [2.24, 2.45) is 5.92 Å². The molecule has 4 heteroatoms. The van der Waals surface area contributed by atoms with Gasteiger partial charge in [-0.2, -0.15) is 0 Å². The maximum Gasteiger partial charge on any atom is 0.234 e. The number of likely N-dealkylation sites (N-methyl/N-ethyl adjacent to an activating group) is 1. The second kappa shape index (κ2) is 7.67. The highest BCUT2D eigenvalue weighted by molar-refractivity contribution is 5.78. The molecule has 0 spiro atoms. The summed E-state index contributed by atoms with van der Waals surface area (Å²) < 4.78 is 0. The van der Waals surface area contributed by atoms with Crippen LogP contribution in [-0.2, 0) is 4.79 Å². The summed E-state index contributed by atoms with van der Waals surface area (Å²) in [4.78, 5) is 13.9. The van der Waals surface area contributed by atoms with Crippen LogP contribution in [-0.4, -0.2) is 49.6 Å². The summed E-state index contributed by atoms with van der Waals surface area (Å²) in [6.45, 7) is 10.8. The van der Waals surface area contributed by atoms with Crippen LogP contribution in [0.5, 0.6) is 0 Å². The Labute approximate surface area is 105 Å². The predicted molar refractivity (Wildman–Crippen MR) is 71.0 cm³/mol. The van der Waals surface area contributed by atoms with Crippen LogP contribution in [0.1, 0.15) is 33.6 Å². The molecule has 1 fully saturated rings. The van der Waals surface area contributed by atoms with Gasteiger partial charge in [0.1, 0.15) is 0 Å². The molecule has 100 valence electrons. The number of carbonyl (C=O) groups is 1. The highest BCUT2D eigenvalue weighted by Crippen LogP contribution is 2.27. The fourth-order valence-electron chi connectivity index (χ4n) is 1.95. The molecule has 17 heavy (non-hydrogen) atoms. The molecule has 0 aromatic carbocycles. The van der Waals surface area contributed by atoms with Gasteiger partial charge in [0, 0.05) is 12.6 Å². The van der Waals surface area contributed by atoms with Crippen molar-refractivity contribution in [2.45, 2.75) is 39.7 Å². The first-order valence-corrected chi connectivity index (χ1v) is 6.88. The van der Waals surface area contributed by atoms with E-state index in [9.17, 15) is 4.79 Å². The van der Waals surface area contributed by atoms with E-state index in [1.807, 2.05) is 0 Å². The Morgan fingerprint density at radius 3 is 2.53 bits per heavy atom. The predicted octanol–water partition coefficient (Wildman–Crippen LogP) is 0.833. The molecule has 0 radical (unpaired) electrons. The zero-order valence-corrected chi connectivity index (χ0v) is 11.5. The maximum absolute atomic E-state index is 11.6. The lowest BCUT2D eigenvalue weighted by atomic mass is 10.3. The van der Waals surface area contributed by atoms with Crippen molar-refractivity contribution in [3.63, 3.8) is 0 Å². The number of hydrogen-bond donors (Lipinski definition) is 2. The Kier molecular flexibility index (Phi) is 6.52. The van der Waals surface area contributed by atoms with E-state index in [0.717, 1.165) is 32.1 Å². The molecule has 1 unspecified atom stereocenters. The summed E-state index contributed by atoms with van der Waals surface area (Å²) in [5.41, 5.74) is 0. The second-order valence-corrected chi connectivity index (χ2v) is 5.03. The monoisotopic (exact) mass is 241 g/mol. The van der Waals surface area contributed by atoms with Crippen molar-refractivity contribution in [3.8, 4) is 0 Å². The smallest absolute Gasteiger partial charge is 0.234 e. The van der Waals surface area contributed by atoms with E-state index in [4.69, 9.17) is 0 Å². The van der Waals surface area contributed by atoms with Crippen molar-refractivity contribution in [3.05, 3.63) is 0 Å². The highest BCUT2D eigenvalue weighted by atomic mass is 16.1. The lowest BCUT2D eigenvalue weighted by Crippen LogP contribution is -2.45. The first-order valence-electron chi connectivity index (χ1n) is 6.88. The molecule has 0 aromatic heterocycles. The Morgan fingerprint density at radius 1 is 1.35 bits per heavy atom. The van der Waals surface area contributed by atoms with Crippen molar-refractivity contribution in [2.75, 3.05) is 32.7 Å². The van der Waals surface area contributed by atoms with Crippen LogP contribution in [0.4, 0.5) is 0 Å². The average molecular weight is 241 g/mol. The Balaban J connectivity index is 2.06. The molecule has 0 heterocycles. The van der Waals surface area contributed by atoms with E-state index in [0.29, 0.717) is 6.54 Å². The van der Waals surface area contributed by atoms with E-state index in [-0.39, 0.29) is 11.9 Å². The number of nitrogens with one attached hydrogen (secondary N) is 2. The maximum atomic E-state index is 11.6. The van der Waals surface area contributed by atoms with Crippen molar-refractivity contribution >= 4 is 5.91 Å². The molecule has 1 aliphatic rings. The van der Waals surface area contributed by atoms with Crippen LogP contribution in [0.2, 0.25) is 0 Å². The fourth-order valence-corrected chi connectivity index (χ4v) is 1.95. The molecule has 1 amide bonds. The van der Waals surface area contributed by atoms with E-state index in [1.165, 1.54) is 12.8 Å². The molecular weight excluding hydrogens is 214 g/mol. The molecule has 0 bridgehead atoms. The minimum absolute atomic E-state index is 0.116. The van der Waals surface area contributed by atoms with Crippen molar-refractivity contribution in [1.82, 2.24) is 15.5 Å². The van der Waals surface area contributed by atoms with Crippen LogP contribution in [0.15, 0.2) is 0 Å². The van der Waals surface area contributed by atoms with E-state index >= 15 is 0 Å². The summed E-state index contributed by atoms with van der Waals surface area (Å²) in [5.74, 6) is 0.946. The van der Waals surface area contributed by atoms with Gasteiger partial charge in [-0.25, -0.2) is 0 Å². The van der Waals surface area contributed by atoms with Gasteiger partial charge in [0.05, 0.1) is 6.54 Å². The topological polar surface area (TPSA) is 44.4 Å². The van der Waals surface area contributed by atoms with E-state index < -0.39 is 0 Å². The normalized spacial score (nSPS) is 17.2. The average Bonchev–Trinajstić information content (AvgIpc) is 3.09. The number of hydrogen-bond acceptors (Lipinski definition) is 3. The zero-order chi connectivity index (χ0) is 12.7. The third-order valence-corrected chi connectivity index (χ3v) is 3.25. The summed E-state index contributed by atoms with van der Waals surface area (Å²) in [7, 11) is 0. The molecule has 2 N–H and O–H groups in total. The first-order chi connectivity index (χ1) is 8.15. The van der Waals surface area contributed by atoms with Crippen LogP contribution < -0.4 is 10.6 Å². The van der Waals surface area contributed by atoms with Crippen LogP contribution in [0, 0.1) is 5.92 Å². The largest absolute Gasteiger partial charge is 0.351 e. The Bertz CT molecular complexity index is 225. The minimum Gasteiger partial charge on any atom is -0.351 e. The minimum atomic E-state index is 0.116. The number of rotatable bonds is 9. The number of amides is 1. The van der Waals surface area contributed by atoms with Gasteiger partial charge < -0.3 is 15.5 Å². The number of nitrogens with zero attached hydrogens (tertiary/aromatic N) is 1. The van der Waals surface area contributed by atoms with E-state index in [2.05, 4.69) is 36.3 Å². The standard InChI is InChI=1S/C13H27N3O/c1-4-16(5-2)10-11(3)15-13(17)9-14-8-12-6-7-12/h11-12,14H,4-10H2,1-3H3,(H,15,17). The van der Waals surface area contributed by atoms with Crippen molar-refractivity contribution in [1.29, 1.82) is 0 Å². The van der Waals surface area contributed by atoms with Crippen LogP contribution in [0.3, 0.4) is 0 Å². The van der Waals surface area contributed by atoms with Gasteiger partial charge in [0.15, 0.2) is 0 Å². The Hall–Kier alpha value is -0.610. The lowest BCUT2D eigenvalue weighted by molar-refractivity contribution is -0.120. The van der Waals surface area contributed by atoms with Gasteiger partial charge in [-0.3, -0.25) is 4.79 Å². The molecule has 0 aliphatic heterocycles. The molecule has 1 rings (SSSR count). The summed E-state index contributed by atoms with van der Waals surface area (Å²) in [6.07, 6.45) is 2.65. The SMILES string of the molecule is CCN(CC)CC(C)NC(=O)CNCC1CC1. The number of carbonyl (C=O) groups excluding carboxylic acids is 1. The molecule has 1 aliphatic carbocycles. The molecule has 4 nitrogen and oxygen atoms in total.